The third-order valence-electron chi connectivity index (χ3n) is 4.28. The van der Waals surface area contributed by atoms with E-state index in [0.717, 1.165) is 24.6 Å². The molecule has 0 bridgehead atoms. The smallest absolute Gasteiger partial charge is 0.306 e. The molecule has 1 fully saturated rings. The van der Waals surface area contributed by atoms with E-state index in [2.05, 4.69) is 10.3 Å². The second-order valence-corrected chi connectivity index (χ2v) is 5.62. The van der Waals surface area contributed by atoms with Crippen LogP contribution in [-0.2, 0) is 4.79 Å². The van der Waals surface area contributed by atoms with E-state index in [1.807, 2.05) is 24.3 Å². The largest absolute Gasteiger partial charge is 0.481 e. The zero-order valence-corrected chi connectivity index (χ0v) is 11.6. The number of hydrogen-bond acceptors (Lipinski definition) is 3. The summed E-state index contributed by atoms with van der Waals surface area (Å²) in [7, 11) is 0. The minimum absolute atomic E-state index is 0.123. The molecular weight excluding hydrogens is 268 g/mol. The van der Waals surface area contributed by atoms with Crippen LogP contribution >= 0.6 is 0 Å². The molecule has 0 aliphatic heterocycles. The molecule has 110 valence electrons. The molecule has 1 aromatic heterocycles. The highest BCUT2D eigenvalue weighted by Crippen LogP contribution is 2.32. The van der Waals surface area contributed by atoms with Crippen LogP contribution in [0.5, 0.6) is 0 Å². The number of H-pyrrole nitrogens is 1. The average Bonchev–Trinajstić information content (AvgIpc) is 2.94. The van der Waals surface area contributed by atoms with Gasteiger partial charge in [-0.3, -0.25) is 9.59 Å². The van der Waals surface area contributed by atoms with Crippen molar-refractivity contribution in [2.45, 2.75) is 19.3 Å². The van der Waals surface area contributed by atoms with Gasteiger partial charge >= 0.3 is 5.97 Å². The van der Waals surface area contributed by atoms with E-state index >= 15 is 0 Å². The quantitative estimate of drug-likeness (QED) is 0.806. The Labute approximate surface area is 122 Å². The maximum atomic E-state index is 12.0. The number of fused-ring (bicyclic) bond motifs is 1. The van der Waals surface area contributed by atoms with Crippen LogP contribution in [0.2, 0.25) is 0 Å². The number of rotatable bonds is 4. The third kappa shape index (κ3) is 2.77. The predicted molar refractivity (Wildman–Crippen MR) is 81.5 cm³/mol. The maximum absolute atomic E-state index is 12.0. The summed E-state index contributed by atoms with van der Waals surface area (Å²) in [5.41, 5.74) is -0.128. The lowest BCUT2D eigenvalue weighted by molar-refractivity contribution is -0.142. The van der Waals surface area contributed by atoms with Crippen LogP contribution in [0.4, 0.5) is 5.82 Å². The Kier molecular flexibility index (Phi) is 3.64. The molecule has 3 rings (SSSR count). The first kappa shape index (κ1) is 13.7. The van der Waals surface area contributed by atoms with E-state index in [0.29, 0.717) is 17.7 Å². The Bertz CT molecular complexity index is 723. The molecule has 1 aliphatic rings. The normalized spacial score (nSPS) is 21.5. The lowest BCUT2D eigenvalue weighted by Gasteiger charge is -2.17. The van der Waals surface area contributed by atoms with E-state index in [1.165, 1.54) is 0 Å². The number of anilines is 1. The van der Waals surface area contributed by atoms with Gasteiger partial charge in [-0.2, -0.15) is 0 Å². The predicted octanol–water partition coefficient (Wildman–Crippen LogP) is 2.44. The minimum atomic E-state index is -0.716. The van der Waals surface area contributed by atoms with Crippen molar-refractivity contribution in [1.82, 2.24) is 4.98 Å². The number of aromatic amines is 1. The molecule has 5 nitrogen and oxygen atoms in total. The number of carboxylic acids is 1. The molecule has 1 heterocycles. The van der Waals surface area contributed by atoms with Gasteiger partial charge in [-0.15, -0.1) is 0 Å². The molecular formula is C16H18N2O3. The number of nitrogens with one attached hydrogen (secondary N) is 2. The molecule has 2 aromatic rings. The van der Waals surface area contributed by atoms with Gasteiger partial charge in [-0.05, 0) is 36.3 Å². The summed E-state index contributed by atoms with van der Waals surface area (Å²) in [6, 6.07) is 9.30. The number of aromatic nitrogens is 1. The van der Waals surface area contributed by atoms with Crippen LogP contribution in [0.3, 0.4) is 0 Å². The van der Waals surface area contributed by atoms with Gasteiger partial charge < -0.3 is 15.4 Å². The first-order valence-electron chi connectivity index (χ1n) is 7.24. The molecule has 1 saturated carbocycles. The van der Waals surface area contributed by atoms with Crippen molar-refractivity contribution in [3.63, 3.8) is 0 Å². The fourth-order valence-electron chi connectivity index (χ4n) is 3.15. The average molecular weight is 286 g/mol. The van der Waals surface area contributed by atoms with Gasteiger partial charge in [0.25, 0.3) is 5.56 Å². The third-order valence-corrected chi connectivity index (χ3v) is 4.28. The van der Waals surface area contributed by atoms with Crippen LogP contribution in [0, 0.1) is 11.8 Å². The van der Waals surface area contributed by atoms with Gasteiger partial charge in [0.2, 0.25) is 0 Å². The summed E-state index contributed by atoms with van der Waals surface area (Å²) < 4.78 is 0. The fraction of sp³-hybridized carbons (Fsp3) is 0.375. The van der Waals surface area contributed by atoms with E-state index < -0.39 is 5.97 Å². The van der Waals surface area contributed by atoms with Crippen molar-refractivity contribution in [1.29, 1.82) is 0 Å². The van der Waals surface area contributed by atoms with Gasteiger partial charge in [0, 0.05) is 11.9 Å². The van der Waals surface area contributed by atoms with Crippen LogP contribution in [0.15, 0.2) is 35.1 Å². The van der Waals surface area contributed by atoms with Crippen LogP contribution in [0.25, 0.3) is 10.8 Å². The SMILES string of the molecule is O=C(O)C1CCCC1CNc1cc2ccccc2c(=O)[nH]1. The first-order valence-corrected chi connectivity index (χ1v) is 7.24. The molecule has 0 radical (unpaired) electrons. The number of hydrogen-bond donors (Lipinski definition) is 3. The van der Waals surface area contributed by atoms with Crippen molar-refractivity contribution in [3.8, 4) is 0 Å². The van der Waals surface area contributed by atoms with Crippen LogP contribution in [0.1, 0.15) is 19.3 Å². The van der Waals surface area contributed by atoms with Crippen molar-refractivity contribution in [2.75, 3.05) is 11.9 Å². The molecule has 3 N–H and O–H groups in total. The van der Waals surface area contributed by atoms with Gasteiger partial charge in [0.1, 0.15) is 5.82 Å². The van der Waals surface area contributed by atoms with Gasteiger partial charge in [0.05, 0.1) is 5.92 Å². The highest BCUT2D eigenvalue weighted by atomic mass is 16.4. The fourth-order valence-corrected chi connectivity index (χ4v) is 3.15. The minimum Gasteiger partial charge on any atom is -0.481 e. The number of carbonyl (C=O) groups is 1. The molecule has 5 heteroatoms. The zero-order chi connectivity index (χ0) is 14.8. The van der Waals surface area contributed by atoms with Gasteiger partial charge in [-0.1, -0.05) is 24.6 Å². The van der Waals surface area contributed by atoms with E-state index in [4.69, 9.17) is 0 Å². The number of pyridine rings is 1. The van der Waals surface area contributed by atoms with Crippen molar-refractivity contribution in [3.05, 3.63) is 40.7 Å². The Morgan fingerprint density at radius 1 is 1.33 bits per heavy atom. The first-order chi connectivity index (χ1) is 10.1. The second-order valence-electron chi connectivity index (χ2n) is 5.62. The lowest BCUT2D eigenvalue weighted by Crippen LogP contribution is -2.25. The van der Waals surface area contributed by atoms with E-state index in [9.17, 15) is 14.7 Å². The van der Waals surface area contributed by atoms with Crippen LogP contribution in [-0.4, -0.2) is 22.6 Å². The van der Waals surface area contributed by atoms with Crippen LogP contribution < -0.4 is 10.9 Å². The number of benzene rings is 1. The standard InChI is InChI=1S/C16H18N2O3/c19-15-12-6-2-1-4-10(12)8-14(18-15)17-9-11-5-3-7-13(11)16(20)21/h1-2,4,6,8,11,13H,3,5,7,9H2,(H,20,21)(H2,17,18,19). The molecule has 2 unspecified atom stereocenters. The Morgan fingerprint density at radius 3 is 2.95 bits per heavy atom. The van der Waals surface area contributed by atoms with Crippen molar-refractivity contribution >= 4 is 22.6 Å². The summed E-state index contributed by atoms with van der Waals surface area (Å²) >= 11 is 0. The molecule has 0 saturated heterocycles. The summed E-state index contributed by atoms with van der Waals surface area (Å²) in [5.74, 6) is -0.219. The summed E-state index contributed by atoms with van der Waals surface area (Å²) in [6.07, 6.45) is 2.62. The summed E-state index contributed by atoms with van der Waals surface area (Å²) in [6.45, 7) is 0.575. The zero-order valence-electron chi connectivity index (χ0n) is 11.6. The molecule has 0 spiro atoms. The second kappa shape index (κ2) is 5.60. The molecule has 21 heavy (non-hydrogen) atoms. The Balaban J connectivity index is 1.76. The number of aliphatic carboxylic acids is 1. The Hall–Kier alpha value is -2.30. The van der Waals surface area contributed by atoms with Gasteiger partial charge in [0.15, 0.2) is 0 Å². The van der Waals surface area contributed by atoms with Crippen molar-refractivity contribution in [2.24, 2.45) is 11.8 Å². The highest BCUT2D eigenvalue weighted by Gasteiger charge is 2.32. The summed E-state index contributed by atoms with van der Waals surface area (Å²) in [4.78, 5) is 25.9. The topological polar surface area (TPSA) is 82.2 Å². The van der Waals surface area contributed by atoms with Gasteiger partial charge in [-0.25, -0.2) is 0 Å². The summed E-state index contributed by atoms with van der Waals surface area (Å²) in [5, 5.41) is 13.9. The van der Waals surface area contributed by atoms with E-state index in [1.54, 1.807) is 6.07 Å². The Morgan fingerprint density at radius 2 is 2.14 bits per heavy atom. The molecule has 2 atom stereocenters. The monoisotopic (exact) mass is 286 g/mol. The van der Waals surface area contributed by atoms with Crippen molar-refractivity contribution < 1.29 is 9.90 Å². The molecule has 1 aromatic carbocycles. The maximum Gasteiger partial charge on any atom is 0.306 e. The lowest BCUT2D eigenvalue weighted by atomic mass is 9.96. The molecule has 0 amide bonds. The molecule has 1 aliphatic carbocycles. The number of carboxylic acid groups (broad SMARTS) is 1. The van der Waals surface area contributed by atoms with E-state index in [-0.39, 0.29) is 17.4 Å². The highest BCUT2D eigenvalue weighted by molar-refractivity contribution is 5.83.